The zero-order valence-electron chi connectivity index (χ0n) is 19.7. The lowest BCUT2D eigenvalue weighted by Gasteiger charge is -2.36. The highest BCUT2D eigenvalue weighted by molar-refractivity contribution is 7.89. The zero-order valence-corrected chi connectivity index (χ0v) is 20.5. The molecule has 1 saturated carbocycles. The van der Waals surface area contributed by atoms with E-state index < -0.39 is 28.5 Å². The van der Waals surface area contributed by atoms with Gasteiger partial charge in [0.05, 0.1) is 17.5 Å². The van der Waals surface area contributed by atoms with Crippen molar-refractivity contribution in [1.29, 1.82) is 0 Å². The van der Waals surface area contributed by atoms with Crippen LogP contribution in [-0.2, 0) is 24.3 Å². The average Bonchev–Trinajstić information content (AvgIpc) is 3.31. The van der Waals surface area contributed by atoms with Crippen LogP contribution in [0.4, 0.5) is 0 Å². The van der Waals surface area contributed by atoms with Crippen LogP contribution in [0.25, 0.3) is 0 Å². The second-order valence-electron chi connectivity index (χ2n) is 9.35. The molecule has 0 spiro atoms. The van der Waals surface area contributed by atoms with Gasteiger partial charge in [0.15, 0.2) is 0 Å². The molecule has 9 heteroatoms. The van der Waals surface area contributed by atoms with Gasteiger partial charge in [0.25, 0.3) is 0 Å². The fraction of sp³-hybridized carbons (Fsp3) is 0.667. The first kappa shape index (κ1) is 25.6. The number of hydrogen-bond acceptors (Lipinski definition) is 5. The molecule has 3 rings (SSSR count). The van der Waals surface area contributed by atoms with Gasteiger partial charge in [-0.05, 0) is 43.7 Å². The molecule has 33 heavy (non-hydrogen) atoms. The minimum Gasteiger partial charge on any atom is -0.376 e. The number of carbonyl (C=O) groups is 2. The first-order valence-electron chi connectivity index (χ1n) is 12.0. The second-order valence-corrected chi connectivity index (χ2v) is 11.1. The lowest BCUT2D eigenvalue weighted by atomic mass is 9.94. The number of nitrogens with zero attached hydrogens (tertiary/aromatic N) is 1. The highest BCUT2D eigenvalue weighted by Crippen LogP contribution is 2.21. The molecule has 1 aliphatic carbocycles. The minimum atomic E-state index is -3.83. The summed E-state index contributed by atoms with van der Waals surface area (Å²) in [6.45, 7) is 4.31. The first-order chi connectivity index (χ1) is 15.8. The molecule has 0 aromatic heterocycles. The van der Waals surface area contributed by atoms with Crippen molar-refractivity contribution in [2.24, 2.45) is 5.92 Å². The molecule has 2 N–H and O–H groups in total. The number of sulfonamides is 1. The summed E-state index contributed by atoms with van der Waals surface area (Å²) in [6, 6.07) is 7.38. The number of amides is 2. The quantitative estimate of drug-likeness (QED) is 0.536. The van der Waals surface area contributed by atoms with E-state index in [2.05, 4.69) is 10.0 Å². The van der Waals surface area contributed by atoms with Crippen molar-refractivity contribution in [3.63, 3.8) is 0 Å². The van der Waals surface area contributed by atoms with Crippen molar-refractivity contribution in [2.75, 3.05) is 19.7 Å². The molecule has 1 heterocycles. The van der Waals surface area contributed by atoms with E-state index >= 15 is 0 Å². The van der Waals surface area contributed by atoms with Gasteiger partial charge in [0, 0.05) is 19.2 Å². The van der Waals surface area contributed by atoms with Gasteiger partial charge in [-0.15, -0.1) is 0 Å². The molecule has 2 fully saturated rings. The largest absolute Gasteiger partial charge is 0.376 e. The van der Waals surface area contributed by atoms with E-state index in [1.807, 2.05) is 13.8 Å². The van der Waals surface area contributed by atoms with Gasteiger partial charge in [-0.3, -0.25) is 9.59 Å². The third-order valence-corrected chi connectivity index (χ3v) is 7.82. The Balaban J connectivity index is 1.74. The van der Waals surface area contributed by atoms with E-state index in [0.717, 1.165) is 38.5 Å². The number of nitrogens with one attached hydrogen (secondary N) is 2. The molecule has 2 atom stereocenters. The van der Waals surface area contributed by atoms with Gasteiger partial charge in [-0.1, -0.05) is 51.3 Å². The maximum Gasteiger partial charge on any atom is 0.243 e. The predicted octanol–water partition coefficient (Wildman–Crippen LogP) is 2.45. The molecule has 1 aromatic carbocycles. The third-order valence-electron chi connectivity index (χ3n) is 6.40. The van der Waals surface area contributed by atoms with Crippen molar-refractivity contribution in [1.82, 2.24) is 14.9 Å². The van der Waals surface area contributed by atoms with Crippen molar-refractivity contribution in [3.8, 4) is 0 Å². The van der Waals surface area contributed by atoms with E-state index in [0.29, 0.717) is 6.61 Å². The fourth-order valence-electron chi connectivity index (χ4n) is 4.66. The zero-order chi connectivity index (χ0) is 23.8. The second kappa shape index (κ2) is 11.9. The Morgan fingerprint density at radius 2 is 1.76 bits per heavy atom. The number of rotatable bonds is 10. The van der Waals surface area contributed by atoms with Crippen LogP contribution in [-0.4, -0.2) is 63.0 Å². The smallest absolute Gasteiger partial charge is 0.243 e. The highest BCUT2D eigenvalue weighted by atomic mass is 32.2. The van der Waals surface area contributed by atoms with E-state index in [1.54, 1.807) is 18.2 Å². The Hall–Kier alpha value is -1.97. The van der Waals surface area contributed by atoms with Crippen molar-refractivity contribution in [3.05, 3.63) is 30.3 Å². The van der Waals surface area contributed by atoms with Crippen LogP contribution in [0.1, 0.15) is 58.8 Å². The average molecular weight is 480 g/mol. The molecule has 0 unspecified atom stereocenters. The topological polar surface area (TPSA) is 105 Å². The molecular weight excluding hydrogens is 442 g/mol. The van der Waals surface area contributed by atoms with Gasteiger partial charge in [-0.25, -0.2) is 13.1 Å². The predicted molar refractivity (Wildman–Crippen MR) is 126 cm³/mol. The molecule has 2 aliphatic rings. The van der Waals surface area contributed by atoms with E-state index in [4.69, 9.17) is 4.74 Å². The molecule has 8 nitrogen and oxygen atoms in total. The van der Waals surface area contributed by atoms with Gasteiger partial charge < -0.3 is 15.0 Å². The minimum absolute atomic E-state index is 0.0962. The number of hydrogen-bond donors (Lipinski definition) is 2. The highest BCUT2D eigenvalue weighted by Gasteiger charge is 2.36. The van der Waals surface area contributed by atoms with Crippen LogP contribution >= 0.6 is 0 Å². The number of carbonyl (C=O) groups excluding carboxylic acids is 2. The maximum atomic E-state index is 13.3. The summed E-state index contributed by atoms with van der Waals surface area (Å²) in [4.78, 5) is 28.2. The molecule has 1 aromatic rings. The van der Waals surface area contributed by atoms with E-state index in [9.17, 15) is 18.0 Å². The van der Waals surface area contributed by atoms with Gasteiger partial charge in [-0.2, -0.15) is 0 Å². The van der Waals surface area contributed by atoms with Crippen molar-refractivity contribution >= 4 is 21.8 Å². The van der Waals surface area contributed by atoms with Gasteiger partial charge in [0.2, 0.25) is 21.8 Å². The van der Waals surface area contributed by atoms with Crippen molar-refractivity contribution < 1.29 is 22.7 Å². The summed E-state index contributed by atoms with van der Waals surface area (Å²) in [6.07, 6.45) is 6.85. The summed E-state index contributed by atoms with van der Waals surface area (Å²) in [5.74, 6) is -0.735. The summed E-state index contributed by atoms with van der Waals surface area (Å²) in [7, 11) is -3.83. The molecule has 2 amide bonds. The Kier molecular flexibility index (Phi) is 9.28. The lowest BCUT2D eigenvalue weighted by molar-refractivity contribution is -0.143. The van der Waals surface area contributed by atoms with E-state index in [1.165, 1.54) is 23.5 Å². The van der Waals surface area contributed by atoms with Gasteiger partial charge >= 0.3 is 0 Å². The Labute approximate surface area is 197 Å². The molecule has 0 radical (unpaired) electrons. The lowest BCUT2D eigenvalue weighted by Crippen LogP contribution is -2.57. The monoisotopic (exact) mass is 479 g/mol. The van der Waals surface area contributed by atoms with Crippen LogP contribution in [0.3, 0.4) is 0 Å². The number of ether oxygens (including phenoxy) is 1. The van der Waals surface area contributed by atoms with Crippen LogP contribution in [0.2, 0.25) is 0 Å². The molecule has 0 bridgehead atoms. The van der Waals surface area contributed by atoms with Crippen LogP contribution in [0.5, 0.6) is 0 Å². The summed E-state index contributed by atoms with van der Waals surface area (Å²) < 4.78 is 33.4. The number of benzene rings is 1. The summed E-state index contributed by atoms with van der Waals surface area (Å²) in [5.41, 5.74) is 0. The van der Waals surface area contributed by atoms with Crippen LogP contribution < -0.4 is 10.0 Å². The molecule has 1 saturated heterocycles. The Bertz CT molecular complexity index is 879. The SMILES string of the molecule is CC(C)[C@H](C(=O)NC1CCCCC1)N(C[C@H]1CCCO1)C(=O)CNS(=O)(=O)c1ccccc1. The Morgan fingerprint density at radius 1 is 1.06 bits per heavy atom. The maximum absolute atomic E-state index is 13.3. The van der Waals surface area contributed by atoms with Crippen molar-refractivity contribution in [2.45, 2.75) is 81.9 Å². The van der Waals surface area contributed by atoms with Crippen LogP contribution in [0.15, 0.2) is 35.2 Å². The standard InChI is InChI=1S/C24H37N3O5S/c1-18(2)23(24(29)26-19-10-5-3-6-11-19)27(17-20-12-9-15-32-20)22(28)16-25-33(30,31)21-13-7-4-8-14-21/h4,7-8,13-14,18-20,23,25H,3,5-6,9-12,15-17H2,1-2H3,(H,26,29)/t20-,23-/m1/s1. The van der Waals surface area contributed by atoms with E-state index in [-0.39, 0.29) is 35.4 Å². The first-order valence-corrected chi connectivity index (χ1v) is 13.5. The van der Waals surface area contributed by atoms with Gasteiger partial charge in [0.1, 0.15) is 6.04 Å². The Morgan fingerprint density at radius 3 is 2.36 bits per heavy atom. The summed E-state index contributed by atoms with van der Waals surface area (Å²) in [5, 5.41) is 3.15. The van der Waals surface area contributed by atoms with Crippen LogP contribution in [0, 0.1) is 5.92 Å². The molecule has 184 valence electrons. The fourth-order valence-corrected chi connectivity index (χ4v) is 5.65. The molecule has 1 aliphatic heterocycles. The molecular formula is C24H37N3O5S. The third kappa shape index (κ3) is 7.25. The summed E-state index contributed by atoms with van der Waals surface area (Å²) >= 11 is 0. The normalized spacial score (nSPS) is 20.5.